The number of carbonyl (C=O) groups excluding carboxylic acids is 2. The van der Waals surface area contributed by atoms with Gasteiger partial charge < -0.3 is 39.4 Å². The summed E-state index contributed by atoms with van der Waals surface area (Å²) >= 11 is 0. The molecule has 5 atom stereocenters. The molecule has 0 spiro atoms. The van der Waals surface area contributed by atoms with Crippen molar-refractivity contribution in [3.8, 4) is 5.75 Å². The van der Waals surface area contributed by atoms with Crippen molar-refractivity contribution in [1.82, 2.24) is 0 Å². The number of carboxylic acids is 1. The van der Waals surface area contributed by atoms with E-state index in [1.807, 2.05) is 6.92 Å². The number of rotatable bonds is 8. The molecule has 11 nitrogen and oxygen atoms in total. The third-order valence-electron chi connectivity index (χ3n) is 4.93. The minimum atomic E-state index is -1.72. The van der Waals surface area contributed by atoms with Crippen LogP contribution in [0.25, 0.3) is 5.76 Å². The molecule has 11 heteroatoms. The first kappa shape index (κ1) is 23.7. The highest BCUT2D eigenvalue weighted by Gasteiger charge is 2.46. The lowest BCUT2D eigenvalue weighted by atomic mass is 9.99. The summed E-state index contributed by atoms with van der Waals surface area (Å²) < 4.78 is 21.1. The highest BCUT2D eigenvalue weighted by atomic mass is 16.7. The van der Waals surface area contributed by atoms with Crippen molar-refractivity contribution >= 4 is 23.7 Å². The van der Waals surface area contributed by atoms with Crippen LogP contribution in [-0.4, -0.2) is 75.6 Å². The SMILES string of the molecule is CCC/C=C1/OC(=O)c2c(OC3OC(COC(=O)CC(=O)O)C(O)C(O)C3O)cccc21. The van der Waals surface area contributed by atoms with E-state index in [1.165, 1.54) is 6.07 Å². The monoisotopic (exact) mass is 452 g/mol. The Hall–Kier alpha value is -2.99. The van der Waals surface area contributed by atoms with Crippen LogP contribution < -0.4 is 4.74 Å². The van der Waals surface area contributed by atoms with E-state index in [4.69, 9.17) is 24.1 Å². The number of ether oxygens (including phenoxy) is 4. The van der Waals surface area contributed by atoms with Crippen LogP contribution >= 0.6 is 0 Å². The largest absolute Gasteiger partial charge is 0.481 e. The van der Waals surface area contributed by atoms with Gasteiger partial charge in [-0.25, -0.2) is 4.79 Å². The molecule has 5 unspecified atom stereocenters. The number of fused-ring (bicyclic) bond motifs is 1. The fraction of sp³-hybridized carbons (Fsp3) is 0.476. The molecule has 1 aromatic carbocycles. The second-order valence-electron chi connectivity index (χ2n) is 7.31. The second kappa shape index (κ2) is 10.1. The van der Waals surface area contributed by atoms with Gasteiger partial charge in [-0.05, 0) is 18.6 Å². The molecule has 2 aliphatic rings. The molecule has 2 heterocycles. The van der Waals surface area contributed by atoms with Crippen molar-refractivity contribution in [3.05, 3.63) is 35.4 Å². The highest BCUT2D eigenvalue weighted by molar-refractivity contribution is 6.05. The number of benzene rings is 1. The quantitative estimate of drug-likeness (QED) is 0.314. The fourth-order valence-electron chi connectivity index (χ4n) is 3.30. The third-order valence-corrected chi connectivity index (χ3v) is 4.93. The van der Waals surface area contributed by atoms with Crippen molar-refractivity contribution in [1.29, 1.82) is 0 Å². The van der Waals surface area contributed by atoms with E-state index in [0.717, 1.165) is 6.42 Å². The third kappa shape index (κ3) is 5.07. The molecule has 2 aliphatic heterocycles. The minimum Gasteiger partial charge on any atom is -0.481 e. The average molecular weight is 452 g/mol. The van der Waals surface area contributed by atoms with Crippen LogP contribution in [-0.2, 0) is 23.8 Å². The highest BCUT2D eigenvalue weighted by Crippen LogP contribution is 2.37. The molecular formula is C21H24O11. The zero-order chi connectivity index (χ0) is 23.4. The lowest BCUT2D eigenvalue weighted by Gasteiger charge is -2.40. The van der Waals surface area contributed by atoms with E-state index >= 15 is 0 Å². The Kier molecular flexibility index (Phi) is 7.46. The van der Waals surface area contributed by atoms with Crippen LogP contribution in [0.5, 0.6) is 5.75 Å². The Morgan fingerprint density at radius 2 is 1.91 bits per heavy atom. The molecule has 3 rings (SSSR count). The van der Waals surface area contributed by atoms with Crippen LogP contribution in [0.1, 0.15) is 42.1 Å². The van der Waals surface area contributed by atoms with Crippen LogP contribution in [0.3, 0.4) is 0 Å². The topological polar surface area (TPSA) is 169 Å². The van der Waals surface area contributed by atoms with Gasteiger partial charge in [-0.1, -0.05) is 25.5 Å². The number of carbonyl (C=O) groups is 3. The molecule has 0 radical (unpaired) electrons. The normalized spacial score (nSPS) is 28.2. The van der Waals surface area contributed by atoms with Gasteiger partial charge in [0, 0.05) is 5.56 Å². The fourth-order valence-corrected chi connectivity index (χ4v) is 3.30. The number of aliphatic hydroxyl groups excluding tert-OH is 3. The van der Waals surface area contributed by atoms with Crippen LogP contribution in [0.15, 0.2) is 24.3 Å². The van der Waals surface area contributed by atoms with E-state index in [1.54, 1.807) is 18.2 Å². The van der Waals surface area contributed by atoms with Gasteiger partial charge in [-0.15, -0.1) is 0 Å². The summed E-state index contributed by atoms with van der Waals surface area (Å²) in [5.41, 5.74) is 0.627. The number of esters is 2. The van der Waals surface area contributed by atoms with Gasteiger partial charge in [0.15, 0.2) is 0 Å². The maximum absolute atomic E-state index is 12.4. The minimum absolute atomic E-state index is 0.0293. The van der Waals surface area contributed by atoms with Crippen molar-refractivity contribution in [3.63, 3.8) is 0 Å². The number of unbranched alkanes of at least 4 members (excludes halogenated alkanes) is 1. The smallest absolute Gasteiger partial charge is 0.348 e. The van der Waals surface area contributed by atoms with Crippen molar-refractivity contribution < 1.29 is 53.8 Å². The van der Waals surface area contributed by atoms with Gasteiger partial charge >= 0.3 is 17.9 Å². The number of allylic oxidation sites excluding steroid dienone is 1. The molecule has 0 aliphatic carbocycles. The number of hydrogen-bond acceptors (Lipinski definition) is 10. The van der Waals surface area contributed by atoms with Crippen molar-refractivity contribution in [2.75, 3.05) is 6.61 Å². The maximum atomic E-state index is 12.4. The Bertz CT molecular complexity index is 909. The summed E-state index contributed by atoms with van der Waals surface area (Å²) in [6, 6.07) is 4.75. The summed E-state index contributed by atoms with van der Waals surface area (Å²) in [5.74, 6) is -2.69. The Morgan fingerprint density at radius 3 is 2.59 bits per heavy atom. The molecule has 1 fully saturated rings. The Morgan fingerprint density at radius 1 is 1.16 bits per heavy atom. The van der Waals surface area contributed by atoms with Gasteiger partial charge in [-0.3, -0.25) is 9.59 Å². The molecule has 0 aromatic heterocycles. The van der Waals surface area contributed by atoms with E-state index in [2.05, 4.69) is 0 Å². The zero-order valence-corrected chi connectivity index (χ0v) is 17.2. The van der Waals surface area contributed by atoms with Gasteiger partial charge in [0.2, 0.25) is 6.29 Å². The molecular weight excluding hydrogens is 428 g/mol. The van der Waals surface area contributed by atoms with E-state index in [-0.39, 0.29) is 11.3 Å². The Labute approximate surface area is 182 Å². The van der Waals surface area contributed by atoms with Crippen molar-refractivity contribution in [2.45, 2.75) is 56.9 Å². The lowest BCUT2D eigenvalue weighted by Crippen LogP contribution is -2.60. The zero-order valence-electron chi connectivity index (χ0n) is 17.2. The molecule has 1 saturated heterocycles. The second-order valence-corrected chi connectivity index (χ2v) is 7.31. The molecule has 1 aromatic rings. The predicted octanol–water partition coefficient (Wildman–Crippen LogP) is 0.202. The summed E-state index contributed by atoms with van der Waals surface area (Å²) in [5, 5.41) is 39.2. The summed E-state index contributed by atoms with van der Waals surface area (Å²) in [7, 11) is 0. The molecule has 0 saturated carbocycles. The number of carboxylic acid groups (broad SMARTS) is 1. The summed E-state index contributed by atoms with van der Waals surface area (Å²) in [6.45, 7) is 1.39. The number of aliphatic hydroxyl groups is 3. The lowest BCUT2D eigenvalue weighted by molar-refractivity contribution is -0.278. The van der Waals surface area contributed by atoms with Gasteiger partial charge in [-0.2, -0.15) is 0 Å². The Balaban J connectivity index is 1.77. The summed E-state index contributed by atoms with van der Waals surface area (Å²) in [4.78, 5) is 34.4. The van der Waals surface area contributed by atoms with Crippen molar-refractivity contribution in [2.24, 2.45) is 0 Å². The maximum Gasteiger partial charge on any atom is 0.348 e. The molecule has 174 valence electrons. The molecule has 0 bridgehead atoms. The summed E-state index contributed by atoms with van der Waals surface area (Å²) in [6.07, 6.45) is -5.46. The number of hydrogen-bond donors (Lipinski definition) is 4. The first-order chi connectivity index (χ1) is 15.2. The predicted molar refractivity (Wildman–Crippen MR) is 105 cm³/mol. The van der Waals surface area contributed by atoms with Gasteiger partial charge in [0.05, 0.1) is 0 Å². The van der Waals surface area contributed by atoms with Crippen LogP contribution in [0.2, 0.25) is 0 Å². The van der Waals surface area contributed by atoms with E-state index < -0.39 is 61.6 Å². The first-order valence-electron chi connectivity index (χ1n) is 10.0. The molecule has 32 heavy (non-hydrogen) atoms. The van der Waals surface area contributed by atoms with E-state index in [0.29, 0.717) is 17.7 Å². The molecule has 4 N–H and O–H groups in total. The molecule has 0 amide bonds. The average Bonchev–Trinajstić information content (AvgIpc) is 3.07. The van der Waals surface area contributed by atoms with Crippen LogP contribution in [0, 0.1) is 0 Å². The van der Waals surface area contributed by atoms with Gasteiger partial charge in [0.1, 0.15) is 54.5 Å². The standard InChI is InChI=1S/C21H24O11/c1-2-3-6-11-10-5-4-7-12(16(10)20(28)30-11)31-21-19(27)18(26)17(25)13(32-21)9-29-15(24)8-14(22)23/h4-7,13,17-19,21,25-27H,2-3,8-9H2,1H3,(H,22,23)/b11-6+. The van der Waals surface area contributed by atoms with E-state index in [9.17, 15) is 29.7 Å². The first-order valence-corrected chi connectivity index (χ1v) is 10.0. The van der Waals surface area contributed by atoms with Crippen LogP contribution in [0.4, 0.5) is 0 Å². The number of cyclic esters (lactones) is 1. The van der Waals surface area contributed by atoms with Gasteiger partial charge in [0.25, 0.3) is 0 Å². The number of aliphatic carboxylic acids is 1.